The summed E-state index contributed by atoms with van der Waals surface area (Å²) < 4.78 is 11.1. The molecule has 0 saturated heterocycles. The largest absolute Gasteiger partial charge is 0.497 e. The van der Waals surface area contributed by atoms with Crippen molar-refractivity contribution in [1.29, 1.82) is 0 Å². The molecule has 4 nitrogen and oxygen atoms in total. The number of ether oxygens (including phenoxy) is 2. The van der Waals surface area contributed by atoms with E-state index >= 15 is 0 Å². The molecule has 1 N–H and O–H groups in total. The molecule has 0 unspecified atom stereocenters. The van der Waals surface area contributed by atoms with Gasteiger partial charge in [0.05, 0.1) is 12.8 Å². The summed E-state index contributed by atoms with van der Waals surface area (Å²) in [6, 6.07) is 24.8. The van der Waals surface area contributed by atoms with Crippen molar-refractivity contribution in [2.75, 3.05) is 7.11 Å². The molecule has 4 rings (SSSR count). The molecule has 0 radical (unpaired) electrons. The van der Waals surface area contributed by atoms with Crippen molar-refractivity contribution in [3.05, 3.63) is 95.7 Å². The molecule has 0 fully saturated rings. The molecule has 0 aliphatic carbocycles. The highest BCUT2D eigenvalue weighted by Crippen LogP contribution is 2.24. The van der Waals surface area contributed by atoms with E-state index in [1.54, 1.807) is 19.2 Å². The zero-order valence-electron chi connectivity index (χ0n) is 14.9. The normalized spacial score (nSPS) is 10.7. The number of nitrogens with one attached hydrogen (secondary N) is 1. The van der Waals surface area contributed by atoms with Crippen LogP contribution in [0.3, 0.4) is 0 Å². The van der Waals surface area contributed by atoms with E-state index in [1.807, 2.05) is 66.7 Å². The Morgan fingerprint density at radius 2 is 1.74 bits per heavy atom. The molecule has 3 aromatic carbocycles. The van der Waals surface area contributed by atoms with Crippen LogP contribution in [-0.4, -0.2) is 17.9 Å². The number of benzene rings is 3. The number of H-pyrrole nitrogens is 1. The first kappa shape index (κ1) is 16.9. The van der Waals surface area contributed by atoms with Gasteiger partial charge in [-0.1, -0.05) is 42.5 Å². The molecule has 0 amide bonds. The molecular formula is C23H19NO3. The number of carbonyl (C=O) groups is 1. The Morgan fingerprint density at radius 1 is 0.889 bits per heavy atom. The van der Waals surface area contributed by atoms with Crippen LogP contribution in [-0.2, 0) is 6.61 Å². The third kappa shape index (κ3) is 3.70. The Hall–Kier alpha value is -3.53. The zero-order chi connectivity index (χ0) is 18.6. The van der Waals surface area contributed by atoms with Gasteiger partial charge in [0.25, 0.3) is 0 Å². The summed E-state index contributed by atoms with van der Waals surface area (Å²) >= 11 is 0. The molecule has 4 heteroatoms. The lowest BCUT2D eigenvalue weighted by Crippen LogP contribution is -2.01. The number of rotatable bonds is 6. The molecule has 0 bridgehead atoms. The third-order valence-electron chi connectivity index (χ3n) is 4.42. The Bertz CT molecular complexity index is 1080. The van der Waals surface area contributed by atoms with Crippen molar-refractivity contribution in [2.45, 2.75) is 6.61 Å². The standard InChI is InChI=1S/C23H19NO3/c1-26-19-9-5-8-17(12-19)23(25)22-14-18-13-20(10-11-21(18)24-22)27-15-16-6-3-2-4-7-16/h2-14,24H,15H2,1H3. The maximum Gasteiger partial charge on any atom is 0.209 e. The van der Waals surface area contributed by atoms with Crippen molar-refractivity contribution in [2.24, 2.45) is 0 Å². The Balaban J connectivity index is 1.56. The summed E-state index contributed by atoms with van der Waals surface area (Å²) in [4.78, 5) is 15.9. The first-order chi connectivity index (χ1) is 13.2. The molecule has 4 aromatic rings. The Labute approximate surface area is 157 Å². The summed E-state index contributed by atoms with van der Waals surface area (Å²) in [5.41, 5.74) is 3.13. The highest BCUT2D eigenvalue weighted by molar-refractivity contribution is 6.10. The highest BCUT2D eigenvalue weighted by Gasteiger charge is 2.13. The van der Waals surface area contributed by atoms with Crippen molar-refractivity contribution in [1.82, 2.24) is 4.98 Å². The maximum absolute atomic E-state index is 12.8. The van der Waals surface area contributed by atoms with Crippen LogP contribution in [0.2, 0.25) is 0 Å². The van der Waals surface area contributed by atoms with Gasteiger partial charge in [0.15, 0.2) is 0 Å². The summed E-state index contributed by atoms with van der Waals surface area (Å²) in [5.74, 6) is 1.36. The Morgan fingerprint density at radius 3 is 2.56 bits per heavy atom. The number of aromatic amines is 1. The minimum Gasteiger partial charge on any atom is -0.497 e. The van der Waals surface area contributed by atoms with Crippen LogP contribution in [0.1, 0.15) is 21.6 Å². The maximum atomic E-state index is 12.8. The second-order valence-corrected chi connectivity index (χ2v) is 6.27. The molecule has 0 aliphatic heterocycles. The second-order valence-electron chi connectivity index (χ2n) is 6.27. The molecular weight excluding hydrogens is 338 g/mol. The van der Waals surface area contributed by atoms with Gasteiger partial charge in [0, 0.05) is 16.5 Å². The van der Waals surface area contributed by atoms with Crippen molar-refractivity contribution < 1.29 is 14.3 Å². The summed E-state index contributed by atoms with van der Waals surface area (Å²) in [6.45, 7) is 0.506. The van der Waals surface area contributed by atoms with Gasteiger partial charge in [-0.15, -0.1) is 0 Å². The Kier molecular flexibility index (Phi) is 4.62. The first-order valence-corrected chi connectivity index (χ1v) is 8.71. The number of hydrogen-bond acceptors (Lipinski definition) is 3. The van der Waals surface area contributed by atoms with E-state index in [1.165, 1.54) is 0 Å². The number of fused-ring (bicyclic) bond motifs is 1. The van der Waals surface area contributed by atoms with Gasteiger partial charge in [-0.3, -0.25) is 4.79 Å². The lowest BCUT2D eigenvalue weighted by molar-refractivity contribution is 0.103. The predicted octanol–water partition coefficient (Wildman–Crippen LogP) is 4.99. The van der Waals surface area contributed by atoms with Gasteiger partial charge in [0.2, 0.25) is 5.78 Å². The number of aromatic nitrogens is 1. The predicted molar refractivity (Wildman–Crippen MR) is 105 cm³/mol. The van der Waals surface area contributed by atoms with E-state index in [-0.39, 0.29) is 5.78 Å². The quantitative estimate of drug-likeness (QED) is 0.495. The van der Waals surface area contributed by atoms with Crippen LogP contribution in [0.4, 0.5) is 0 Å². The lowest BCUT2D eigenvalue weighted by atomic mass is 10.1. The van der Waals surface area contributed by atoms with Crippen LogP contribution >= 0.6 is 0 Å². The van der Waals surface area contributed by atoms with Crippen molar-refractivity contribution in [3.8, 4) is 11.5 Å². The van der Waals surface area contributed by atoms with Gasteiger partial charge in [-0.2, -0.15) is 0 Å². The van der Waals surface area contributed by atoms with E-state index < -0.39 is 0 Å². The van der Waals surface area contributed by atoms with Crippen molar-refractivity contribution >= 4 is 16.7 Å². The summed E-state index contributed by atoms with van der Waals surface area (Å²) in [7, 11) is 1.59. The van der Waals surface area contributed by atoms with Gasteiger partial charge >= 0.3 is 0 Å². The molecule has 0 saturated carbocycles. The van der Waals surface area contributed by atoms with E-state index in [0.717, 1.165) is 22.2 Å². The van der Waals surface area contributed by atoms with Crippen LogP contribution in [0.5, 0.6) is 11.5 Å². The van der Waals surface area contributed by atoms with E-state index in [9.17, 15) is 4.79 Å². The second kappa shape index (κ2) is 7.38. The van der Waals surface area contributed by atoms with Crippen LogP contribution < -0.4 is 9.47 Å². The molecule has 0 atom stereocenters. The topological polar surface area (TPSA) is 51.3 Å². The minimum atomic E-state index is -0.0724. The summed E-state index contributed by atoms with van der Waals surface area (Å²) in [6.07, 6.45) is 0. The summed E-state index contributed by atoms with van der Waals surface area (Å²) in [5, 5.41) is 0.937. The minimum absolute atomic E-state index is 0.0724. The fourth-order valence-corrected chi connectivity index (χ4v) is 2.98. The molecule has 0 aliphatic rings. The third-order valence-corrected chi connectivity index (χ3v) is 4.42. The van der Waals surface area contributed by atoms with Gasteiger partial charge < -0.3 is 14.5 Å². The van der Waals surface area contributed by atoms with Crippen LogP contribution in [0.15, 0.2) is 78.9 Å². The highest BCUT2D eigenvalue weighted by atomic mass is 16.5. The van der Waals surface area contributed by atoms with E-state index in [4.69, 9.17) is 9.47 Å². The van der Waals surface area contributed by atoms with Gasteiger partial charge in [0.1, 0.15) is 18.1 Å². The number of methoxy groups -OCH3 is 1. The van der Waals surface area contributed by atoms with Gasteiger partial charge in [-0.25, -0.2) is 0 Å². The van der Waals surface area contributed by atoms with Crippen LogP contribution in [0, 0.1) is 0 Å². The van der Waals surface area contributed by atoms with Crippen molar-refractivity contribution in [3.63, 3.8) is 0 Å². The fraction of sp³-hybridized carbons (Fsp3) is 0.0870. The van der Waals surface area contributed by atoms with Crippen LogP contribution in [0.25, 0.3) is 10.9 Å². The smallest absolute Gasteiger partial charge is 0.209 e. The first-order valence-electron chi connectivity index (χ1n) is 8.71. The SMILES string of the molecule is COc1cccc(C(=O)c2cc3cc(OCc4ccccc4)ccc3[nH]2)c1. The molecule has 1 aromatic heterocycles. The average molecular weight is 357 g/mol. The lowest BCUT2D eigenvalue weighted by Gasteiger charge is -2.06. The fourth-order valence-electron chi connectivity index (χ4n) is 2.98. The van der Waals surface area contributed by atoms with E-state index in [2.05, 4.69) is 4.98 Å². The van der Waals surface area contributed by atoms with Gasteiger partial charge in [-0.05, 0) is 42.0 Å². The molecule has 134 valence electrons. The van der Waals surface area contributed by atoms with E-state index in [0.29, 0.717) is 23.6 Å². The molecule has 1 heterocycles. The zero-order valence-corrected chi connectivity index (χ0v) is 14.9. The monoisotopic (exact) mass is 357 g/mol. The molecule has 0 spiro atoms. The number of hydrogen-bond donors (Lipinski definition) is 1. The average Bonchev–Trinajstić information content (AvgIpc) is 3.16. The number of ketones is 1. The number of carbonyl (C=O) groups excluding carboxylic acids is 1. The molecule has 27 heavy (non-hydrogen) atoms.